The molecule has 0 fully saturated rings. The second-order valence-corrected chi connectivity index (χ2v) is 5.89. The lowest BCUT2D eigenvalue weighted by atomic mass is 10.0. The van der Waals surface area contributed by atoms with Crippen molar-refractivity contribution in [1.29, 1.82) is 0 Å². The van der Waals surface area contributed by atoms with Crippen LogP contribution in [0.1, 0.15) is 24.1 Å². The SMILES string of the molecule is Cc1ccccc1[C@@H](C)NC(=O)Nc1cnn(CC(=O)N(C)C)c1. The van der Waals surface area contributed by atoms with Gasteiger partial charge in [-0.1, -0.05) is 24.3 Å². The predicted molar refractivity (Wildman–Crippen MR) is 92.7 cm³/mol. The van der Waals surface area contributed by atoms with Crippen molar-refractivity contribution in [2.45, 2.75) is 26.4 Å². The number of nitrogens with one attached hydrogen (secondary N) is 2. The lowest BCUT2D eigenvalue weighted by Gasteiger charge is -2.16. The number of aryl methyl sites for hydroxylation is 1. The van der Waals surface area contributed by atoms with Gasteiger partial charge >= 0.3 is 6.03 Å². The van der Waals surface area contributed by atoms with E-state index in [-0.39, 0.29) is 24.5 Å². The van der Waals surface area contributed by atoms with Crippen molar-refractivity contribution in [2.24, 2.45) is 0 Å². The molecule has 0 spiro atoms. The number of benzene rings is 1. The van der Waals surface area contributed by atoms with E-state index in [4.69, 9.17) is 0 Å². The summed E-state index contributed by atoms with van der Waals surface area (Å²) in [6.45, 7) is 4.08. The molecule has 1 aromatic carbocycles. The van der Waals surface area contributed by atoms with Crippen molar-refractivity contribution < 1.29 is 9.59 Å². The topological polar surface area (TPSA) is 79.3 Å². The second-order valence-electron chi connectivity index (χ2n) is 5.89. The van der Waals surface area contributed by atoms with Crippen LogP contribution in [0.2, 0.25) is 0 Å². The van der Waals surface area contributed by atoms with Crippen LogP contribution in [0.4, 0.5) is 10.5 Å². The Morgan fingerprint density at radius 2 is 2.00 bits per heavy atom. The van der Waals surface area contributed by atoms with Crippen LogP contribution in [0.25, 0.3) is 0 Å². The van der Waals surface area contributed by atoms with Crippen molar-refractivity contribution in [3.05, 3.63) is 47.8 Å². The monoisotopic (exact) mass is 329 g/mol. The Labute approximate surface area is 141 Å². The molecule has 128 valence electrons. The Bertz CT molecular complexity index is 723. The summed E-state index contributed by atoms with van der Waals surface area (Å²) in [6, 6.07) is 7.49. The number of carbonyl (C=O) groups excluding carboxylic acids is 2. The Balaban J connectivity index is 1.92. The highest BCUT2D eigenvalue weighted by molar-refractivity contribution is 5.89. The Hall–Kier alpha value is -2.83. The van der Waals surface area contributed by atoms with Crippen LogP contribution in [0.3, 0.4) is 0 Å². The van der Waals surface area contributed by atoms with E-state index < -0.39 is 0 Å². The van der Waals surface area contributed by atoms with Gasteiger partial charge in [-0.25, -0.2) is 4.79 Å². The maximum Gasteiger partial charge on any atom is 0.319 e. The van der Waals surface area contributed by atoms with Crippen LogP contribution in [-0.4, -0.2) is 40.7 Å². The normalized spacial score (nSPS) is 11.7. The van der Waals surface area contributed by atoms with E-state index in [1.165, 1.54) is 15.8 Å². The Kier molecular flexibility index (Phi) is 5.57. The summed E-state index contributed by atoms with van der Waals surface area (Å²) in [5.74, 6) is -0.0673. The van der Waals surface area contributed by atoms with E-state index in [1.807, 2.05) is 38.1 Å². The number of hydrogen-bond donors (Lipinski definition) is 2. The van der Waals surface area contributed by atoms with E-state index in [0.29, 0.717) is 5.69 Å². The summed E-state index contributed by atoms with van der Waals surface area (Å²) < 4.78 is 1.49. The molecule has 7 nitrogen and oxygen atoms in total. The van der Waals surface area contributed by atoms with Crippen LogP contribution >= 0.6 is 0 Å². The molecule has 1 heterocycles. The largest absolute Gasteiger partial charge is 0.347 e. The molecule has 2 rings (SSSR count). The molecule has 0 saturated carbocycles. The van der Waals surface area contributed by atoms with Gasteiger partial charge in [0.05, 0.1) is 17.9 Å². The minimum absolute atomic E-state index is 0.0673. The molecule has 0 radical (unpaired) electrons. The molecule has 0 bridgehead atoms. The maximum atomic E-state index is 12.1. The molecule has 0 unspecified atom stereocenters. The fourth-order valence-corrected chi connectivity index (χ4v) is 2.31. The van der Waals surface area contributed by atoms with Gasteiger partial charge in [-0.05, 0) is 25.0 Å². The molecule has 0 aliphatic heterocycles. The molecule has 3 amide bonds. The number of urea groups is 1. The van der Waals surface area contributed by atoms with Crippen molar-refractivity contribution in [3.63, 3.8) is 0 Å². The van der Waals surface area contributed by atoms with E-state index in [0.717, 1.165) is 11.1 Å². The Morgan fingerprint density at radius 3 is 2.67 bits per heavy atom. The van der Waals surface area contributed by atoms with Crippen molar-refractivity contribution in [3.8, 4) is 0 Å². The van der Waals surface area contributed by atoms with Crippen molar-refractivity contribution >= 4 is 17.6 Å². The second kappa shape index (κ2) is 7.63. The molecule has 24 heavy (non-hydrogen) atoms. The van der Waals surface area contributed by atoms with Gasteiger partial charge < -0.3 is 15.5 Å². The van der Waals surface area contributed by atoms with Gasteiger partial charge in [-0.3, -0.25) is 9.48 Å². The first kappa shape index (κ1) is 17.5. The first-order valence-electron chi connectivity index (χ1n) is 7.72. The zero-order chi connectivity index (χ0) is 17.7. The fraction of sp³-hybridized carbons (Fsp3) is 0.353. The fourth-order valence-electron chi connectivity index (χ4n) is 2.31. The first-order chi connectivity index (χ1) is 11.4. The average Bonchev–Trinajstić information content (AvgIpc) is 2.94. The molecule has 1 atom stereocenters. The molecule has 2 N–H and O–H groups in total. The zero-order valence-corrected chi connectivity index (χ0v) is 14.4. The summed E-state index contributed by atoms with van der Waals surface area (Å²) >= 11 is 0. The molecule has 0 saturated heterocycles. The van der Waals surface area contributed by atoms with Gasteiger partial charge in [0.1, 0.15) is 6.54 Å². The van der Waals surface area contributed by atoms with E-state index >= 15 is 0 Å². The quantitative estimate of drug-likeness (QED) is 0.882. The molecule has 2 aromatic rings. The third-order valence-corrected chi connectivity index (χ3v) is 3.69. The molecule has 0 aliphatic rings. The van der Waals surface area contributed by atoms with Crippen molar-refractivity contribution in [2.75, 3.05) is 19.4 Å². The smallest absolute Gasteiger partial charge is 0.319 e. The Morgan fingerprint density at radius 1 is 1.29 bits per heavy atom. The number of aromatic nitrogens is 2. The third-order valence-electron chi connectivity index (χ3n) is 3.69. The minimum atomic E-state index is -0.316. The summed E-state index contributed by atoms with van der Waals surface area (Å²) in [5, 5.41) is 9.69. The lowest BCUT2D eigenvalue weighted by Crippen LogP contribution is -2.31. The van der Waals surface area contributed by atoms with Gasteiger partial charge in [0.15, 0.2) is 0 Å². The van der Waals surface area contributed by atoms with Crippen molar-refractivity contribution in [1.82, 2.24) is 20.0 Å². The first-order valence-corrected chi connectivity index (χ1v) is 7.72. The number of anilines is 1. The lowest BCUT2D eigenvalue weighted by molar-refractivity contribution is -0.129. The number of hydrogen-bond acceptors (Lipinski definition) is 3. The summed E-state index contributed by atoms with van der Waals surface area (Å²) in [4.78, 5) is 25.2. The van der Waals surface area contributed by atoms with Gasteiger partial charge in [-0.15, -0.1) is 0 Å². The number of amides is 3. The zero-order valence-electron chi connectivity index (χ0n) is 14.4. The summed E-state index contributed by atoms with van der Waals surface area (Å²) in [7, 11) is 3.37. The predicted octanol–water partition coefficient (Wildman–Crippen LogP) is 2.16. The molecule has 7 heteroatoms. The van der Waals surface area contributed by atoms with E-state index in [9.17, 15) is 9.59 Å². The molecule has 0 aliphatic carbocycles. The highest BCUT2D eigenvalue weighted by atomic mass is 16.2. The number of carbonyl (C=O) groups is 2. The molecule has 1 aromatic heterocycles. The standard InChI is InChI=1S/C17H23N5O2/c1-12-7-5-6-8-15(12)13(2)19-17(24)20-14-9-18-22(10-14)11-16(23)21(3)4/h5-10,13H,11H2,1-4H3,(H2,19,20,24)/t13-/m1/s1. The number of likely N-dealkylation sites (N-methyl/N-ethyl adjacent to an activating group) is 1. The van der Waals surface area contributed by atoms with Crippen LogP contribution in [0, 0.1) is 6.92 Å². The average molecular weight is 329 g/mol. The van der Waals surface area contributed by atoms with Crippen LogP contribution in [-0.2, 0) is 11.3 Å². The minimum Gasteiger partial charge on any atom is -0.347 e. The van der Waals surface area contributed by atoms with Crippen LogP contribution in [0.15, 0.2) is 36.7 Å². The van der Waals surface area contributed by atoms with E-state index in [1.54, 1.807) is 20.3 Å². The number of nitrogens with zero attached hydrogens (tertiary/aromatic N) is 3. The maximum absolute atomic E-state index is 12.1. The highest BCUT2D eigenvalue weighted by Gasteiger charge is 2.12. The molecular weight excluding hydrogens is 306 g/mol. The highest BCUT2D eigenvalue weighted by Crippen LogP contribution is 2.16. The summed E-state index contributed by atoms with van der Waals surface area (Å²) in [5.41, 5.74) is 2.73. The van der Waals surface area contributed by atoms with E-state index in [2.05, 4.69) is 15.7 Å². The van der Waals surface area contributed by atoms with Gasteiger partial charge in [0.2, 0.25) is 5.91 Å². The van der Waals surface area contributed by atoms with Crippen LogP contribution < -0.4 is 10.6 Å². The van der Waals surface area contributed by atoms with Gasteiger partial charge in [0, 0.05) is 20.3 Å². The van der Waals surface area contributed by atoms with Gasteiger partial charge in [-0.2, -0.15) is 5.10 Å². The number of rotatable bonds is 5. The van der Waals surface area contributed by atoms with Crippen LogP contribution in [0.5, 0.6) is 0 Å². The molecular formula is C17H23N5O2. The summed E-state index contributed by atoms with van der Waals surface area (Å²) in [6.07, 6.45) is 3.14. The third kappa shape index (κ3) is 4.58. The van der Waals surface area contributed by atoms with Gasteiger partial charge in [0.25, 0.3) is 0 Å².